The minimum Gasteiger partial charge on any atom is -0.367 e. The summed E-state index contributed by atoms with van der Waals surface area (Å²) in [6.07, 6.45) is 12.0. The molecule has 0 unspecified atom stereocenters. The van der Waals surface area contributed by atoms with Gasteiger partial charge in [-0.1, -0.05) is 25.3 Å². The van der Waals surface area contributed by atoms with Crippen molar-refractivity contribution in [2.24, 2.45) is 0 Å². The van der Waals surface area contributed by atoms with E-state index in [4.69, 9.17) is 4.98 Å². The molecule has 1 aliphatic heterocycles. The molecule has 160 valence electrons. The topological polar surface area (TPSA) is 66.0 Å². The molecule has 1 aliphatic carbocycles. The Morgan fingerprint density at radius 3 is 2.61 bits per heavy atom. The van der Waals surface area contributed by atoms with E-state index in [1.807, 2.05) is 24.7 Å². The lowest BCUT2D eigenvalue weighted by Crippen LogP contribution is -2.43. The molecule has 0 atom stereocenters. The molecule has 0 aromatic carbocycles. The molecule has 4 heterocycles. The maximum absolute atomic E-state index is 5.15. The number of hydrogen-bond donors (Lipinski definition) is 2. The molecule has 6 nitrogen and oxygen atoms in total. The fourth-order valence-corrected chi connectivity index (χ4v) is 4.61. The predicted octanol–water partition coefficient (Wildman–Crippen LogP) is 4.36. The van der Waals surface area contributed by atoms with Gasteiger partial charge in [-0.3, -0.25) is 4.98 Å². The summed E-state index contributed by atoms with van der Waals surface area (Å²) in [4.78, 5) is 16.4. The van der Waals surface area contributed by atoms with Gasteiger partial charge in [0.1, 0.15) is 11.6 Å². The van der Waals surface area contributed by atoms with Crippen LogP contribution in [-0.4, -0.2) is 47.2 Å². The first kappa shape index (κ1) is 19.9. The van der Waals surface area contributed by atoms with Crippen molar-refractivity contribution in [3.63, 3.8) is 0 Å². The third-order valence-electron chi connectivity index (χ3n) is 6.28. The number of nitrogens with one attached hydrogen (secondary N) is 2. The Hall–Kier alpha value is -2.99. The lowest BCUT2D eigenvalue weighted by Gasteiger charge is -2.29. The Morgan fingerprint density at radius 1 is 0.935 bits per heavy atom. The van der Waals surface area contributed by atoms with Crippen LogP contribution in [0.15, 0.2) is 55.0 Å². The van der Waals surface area contributed by atoms with Crippen molar-refractivity contribution in [1.82, 2.24) is 20.3 Å². The van der Waals surface area contributed by atoms with E-state index in [-0.39, 0.29) is 0 Å². The maximum atomic E-state index is 5.15. The van der Waals surface area contributed by atoms with E-state index in [1.54, 1.807) is 0 Å². The Kier molecular flexibility index (Phi) is 6.07. The highest BCUT2D eigenvalue weighted by atomic mass is 15.2. The minimum atomic E-state index is 0.523. The van der Waals surface area contributed by atoms with E-state index in [9.17, 15) is 0 Å². The summed E-state index contributed by atoms with van der Waals surface area (Å²) in [5.74, 6) is 1.97. The lowest BCUT2D eigenvalue weighted by molar-refractivity contribution is 0.462. The summed E-state index contributed by atoms with van der Waals surface area (Å²) >= 11 is 0. The number of pyridine rings is 3. The number of piperazine rings is 1. The molecule has 0 spiro atoms. The Labute approximate surface area is 184 Å². The third kappa shape index (κ3) is 4.69. The second-order valence-corrected chi connectivity index (χ2v) is 8.45. The second kappa shape index (κ2) is 9.43. The van der Waals surface area contributed by atoms with Gasteiger partial charge in [0.15, 0.2) is 0 Å². The summed E-state index contributed by atoms with van der Waals surface area (Å²) < 4.78 is 0. The van der Waals surface area contributed by atoms with Gasteiger partial charge < -0.3 is 15.5 Å². The van der Waals surface area contributed by atoms with Crippen LogP contribution in [0.4, 0.5) is 11.6 Å². The molecule has 31 heavy (non-hydrogen) atoms. The number of hydrogen-bond acceptors (Lipinski definition) is 6. The van der Waals surface area contributed by atoms with Gasteiger partial charge in [-0.05, 0) is 43.2 Å². The van der Waals surface area contributed by atoms with E-state index >= 15 is 0 Å². The van der Waals surface area contributed by atoms with Gasteiger partial charge in [-0.15, -0.1) is 0 Å². The van der Waals surface area contributed by atoms with E-state index in [0.29, 0.717) is 6.04 Å². The molecule has 2 N–H and O–H groups in total. The standard InChI is InChI=1S/C25H30N6/c1-2-6-21(7-3-1)29-23-17-19(10-12-28-23)25-22(20-5-4-11-27-18-20)8-9-24(30-25)31-15-13-26-14-16-31/h4-5,8-12,17-18,21,26H,1-3,6-7,13-16H2,(H,28,29). The Bertz CT molecular complexity index is 994. The van der Waals surface area contributed by atoms with Crippen molar-refractivity contribution < 1.29 is 0 Å². The molecule has 0 bridgehead atoms. The Morgan fingerprint density at radius 2 is 1.81 bits per heavy atom. The fourth-order valence-electron chi connectivity index (χ4n) is 4.61. The lowest BCUT2D eigenvalue weighted by atomic mass is 9.95. The summed E-state index contributed by atoms with van der Waals surface area (Å²) in [6.45, 7) is 3.94. The van der Waals surface area contributed by atoms with Crippen molar-refractivity contribution in [2.45, 2.75) is 38.1 Å². The average molecular weight is 415 g/mol. The molecule has 6 heteroatoms. The van der Waals surface area contributed by atoms with Crippen molar-refractivity contribution in [3.05, 3.63) is 55.0 Å². The molecule has 3 aromatic heterocycles. The van der Waals surface area contributed by atoms with E-state index < -0.39 is 0 Å². The van der Waals surface area contributed by atoms with Crippen LogP contribution in [-0.2, 0) is 0 Å². The van der Waals surface area contributed by atoms with E-state index in [0.717, 1.165) is 60.2 Å². The highest BCUT2D eigenvalue weighted by Crippen LogP contribution is 2.33. The summed E-state index contributed by atoms with van der Waals surface area (Å²) in [5, 5.41) is 7.08. The summed E-state index contributed by atoms with van der Waals surface area (Å²) in [7, 11) is 0. The van der Waals surface area contributed by atoms with Crippen LogP contribution in [0.5, 0.6) is 0 Å². The predicted molar refractivity (Wildman–Crippen MR) is 126 cm³/mol. The van der Waals surface area contributed by atoms with Crippen molar-refractivity contribution in [1.29, 1.82) is 0 Å². The van der Waals surface area contributed by atoms with Crippen LogP contribution in [0.3, 0.4) is 0 Å². The van der Waals surface area contributed by atoms with Gasteiger partial charge in [0.2, 0.25) is 0 Å². The van der Waals surface area contributed by atoms with Crippen LogP contribution in [0, 0.1) is 0 Å². The van der Waals surface area contributed by atoms with Crippen molar-refractivity contribution >= 4 is 11.6 Å². The molecule has 1 saturated carbocycles. The number of nitrogens with zero attached hydrogens (tertiary/aromatic N) is 4. The fraction of sp³-hybridized carbons (Fsp3) is 0.400. The first-order chi connectivity index (χ1) is 15.4. The highest BCUT2D eigenvalue weighted by Gasteiger charge is 2.18. The van der Waals surface area contributed by atoms with E-state index in [2.05, 4.69) is 55.8 Å². The normalized spacial score (nSPS) is 17.5. The monoisotopic (exact) mass is 414 g/mol. The zero-order valence-electron chi connectivity index (χ0n) is 17.9. The van der Waals surface area contributed by atoms with E-state index in [1.165, 1.54) is 32.1 Å². The molecular weight excluding hydrogens is 384 g/mol. The summed E-state index contributed by atoms with van der Waals surface area (Å²) in [6, 6.07) is 13.1. The molecule has 5 rings (SSSR count). The quantitative estimate of drug-likeness (QED) is 0.647. The molecule has 0 amide bonds. The van der Waals surface area contributed by atoms with Crippen molar-refractivity contribution in [3.8, 4) is 22.4 Å². The number of aromatic nitrogens is 3. The maximum Gasteiger partial charge on any atom is 0.129 e. The third-order valence-corrected chi connectivity index (χ3v) is 6.28. The molecule has 1 saturated heterocycles. The smallest absolute Gasteiger partial charge is 0.129 e. The van der Waals surface area contributed by atoms with Gasteiger partial charge in [-0.25, -0.2) is 9.97 Å². The van der Waals surface area contributed by atoms with Gasteiger partial charge in [-0.2, -0.15) is 0 Å². The van der Waals surface area contributed by atoms with Crippen molar-refractivity contribution in [2.75, 3.05) is 36.4 Å². The first-order valence-corrected chi connectivity index (χ1v) is 11.5. The van der Waals surface area contributed by atoms with Gasteiger partial charge in [0.25, 0.3) is 0 Å². The summed E-state index contributed by atoms with van der Waals surface area (Å²) in [5.41, 5.74) is 4.25. The molecular formula is C25H30N6. The van der Waals surface area contributed by atoms with Crippen LogP contribution in [0.1, 0.15) is 32.1 Å². The average Bonchev–Trinajstić information content (AvgIpc) is 2.86. The molecule has 3 aromatic rings. The number of rotatable bonds is 5. The van der Waals surface area contributed by atoms with Gasteiger partial charge in [0.05, 0.1) is 5.69 Å². The highest BCUT2D eigenvalue weighted by molar-refractivity contribution is 5.82. The largest absolute Gasteiger partial charge is 0.367 e. The zero-order valence-corrected chi connectivity index (χ0v) is 17.9. The van der Waals surface area contributed by atoms with Gasteiger partial charge in [0, 0.05) is 67.5 Å². The van der Waals surface area contributed by atoms with Crippen LogP contribution in [0.25, 0.3) is 22.4 Å². The van der Waals surface area contributed by atoms with Gasteiger partial charge >= 0.3 is 0 Å². The second-order valence-electron chi connectivity index (χ2n) is 8.45. The number of anilines is 2. The van der Waals surface area contributed by atoms with Crippen LogP contribution < -0.4 is 15.5 Å². The molecule has 2 fully saturated rings. The van der Waals surface area contributed by atoms with Crippen LogP contribution >= 0.6 is 0 Å². The first-order valence-electron chi connectivity index (χ1n) is 11.5. The molecule has 0 radical (unpaired) electrons. The minimum absolute atomic E-state index is 0.523. The SMILES string of the molecule is c1cncc(-c2ccc(N3CCNCC3)nc2-c2ccnc(NC3CCCCC3)c2)c1. The molecule has 2 aliphatic rings. The zero-order chi connectivity index (χ0) is 20.9. The van der Waals surface area contributed by atoms with Crippen LogP contribution in [0.2, 0.25) is 0 Å². The Balaban J connectivity index is 1.51.